The summed E-state index contributed by atoms with van der Waals surface area (Å²) in [6.07, 6.45) is 1.87. The molecule has 3 aliphatic heterocycles. The van der Waals surface area contributed by atoms with Crippen LogP contribution in [0.25, 0.3) is 11.4 Å². The van der Waals surface area contributed by atoms with Gasteiger partial charge in [-0.25, -0.2) is 14.8 Å². The molecule has 0 atom stereocenters. The molecule has 1 aromatic heterocycles. The lowest BCUT2D eigenvalue weighted by Crippen LogP contribution is -2.64. The first-order valence-corrected chi connectivity index (χ1v) is 8.93. The molecule has 0 saturated carbocycles. The summed E-state index contributed by atoms with van der Waals surface area (Å²) < 4.78 is 11.4. The van der Waals surface area contributed by atoms with Crippen molar-refractivity contribution in [1.82, 2.24) is 19.8 Å². The molecule has 2 saturated heterocycles. The average Bonchev–Trinajstić information content (AvgIpc) is 3.07. The molecule has 7 heteroatoms. The number of hydrogen-bond acceptors (Lipinski definition) is 5. The summed E-state index contributed by atoms with van der Waals surface area (Å²) in [5, 5.41) is 0. The van der Waals surface area contributed by atoms with Crippen LogP contribution in [0.5, 0.6) is 0 Å². The van der Waals surface area contributed by atoms with E-state index in [1.54, 1.807) is 0 Å². The third-order valence-corrected chi connectivity index (χ3v) is 5.32. The zero-order valence-corrected chi connectivity index (χ0v) is 14.4. The number of aromatic nitrogens is 2. The Labute approximate surface area is 151 Å². The molecule has 2 aromatic rings. The zero-order chi connectivity index (χ0) is 17.6. The van der Waals surface area contributed by atoms with Crippen molar-refractivity contribution in [3.05, 3.63) is 47.8 Å². The molecule has 0 aliphatic carbocycles. The van der Waals surface area contributed by atoms with Crippen LogP contribution in [0, 0.1) is 0 Å². The fraction of sp³-hybridized carbons (Fsp3) is 0.421. The normalized spacial score (nSPS) is 20.8. The van der Waals surface area contributed by atoms with Gasteiger partial charge in [0.25, 0.3) is 0 Å². The van der Waals surface area contributed by atoms with Gasteiger partial charge in [0.1, 0.15) is 5.60 Å². The van der Waals surface area contributed by atoms with Gasteiger partial charge in [-0.05, 0) is 0 Å². The van der Waals surface area contributed by atoms with Gasteiger partial charge in [-0.15, -0.1) is 0 Å². The minimum Gasteiger partial charge on any atom is -0.378 e. The second kappa shape index (κ2) is 6.03. The number of carbonyl (C=O) groups excluding carboxylic acids is 1. The van der Waals surface area contributed by atoms with Crippen molar-refractivity contribution < 1.29 is 14.3 Å². The van der Waals surface area contributed by atoms with Crippen molar-refractivity contribution >= 4 is 6.03 Å². The molecular formula is C19H20N4O3. The first-order valence-electron chi connectivity index (χ1n) is 8.93. The Hall–Kier alpha value is -2.51. The molecule has 4 heterocycles. The van der Waals surface area contributed by atoms with Crippen LogP contribution in [-0.4, -0.2) is 65.2 Å². The number of fused-ring (bicyclic) bond motifs is 2. The summed E-state index contributed by atoms with van der Waals surface area (Å²) in [5.74, 6) is 0.713. The molecule has 0 N–H and O–H groups in total. The largest absolute Gasteiger partial charge is 0.378 e. The quantitative estimate of drug-likeness (QED) is 0.780. The molecule has 2 amide bonds. The second-order valence-corrected chi connectivity index (χ2v) is 6.94. The maximum Gasteiger partial charge on any atom is 0.320 e. The number of likely N-dealkylation sites (tertiary alicyclic amines) is 1. The van der Waals surface area contributed by atoms with Crippen LogP contribution in [0.2, 0.25) is 0 Å². The molecule has 3 aliphatic rings. The van der Waals surface area contributed by atoms with E-state index in [4.69, 9.17) is 14.5 Å². The van der Waals surface area contributed by atoms with Crippen LogP contribution < -0.4 is 0 Å². The van der Waals surface area contributed by atoms with E-state index in [0.29, 0.717) is 51.8 Å². The van der Waals surface area contributed by atoms with Gasteiger partial charge in [0, 0.05) is 30.4 Å². The first kappa shape index (κ1) is 15.7. The Balaban J connectivity index is 1.33. The Morgan fingerprint density at radius 3 is 2.62 bits per heavy atom. The number of morpholine rings is 1. The van der Waals surface area contributed by atoms with Crippen LogP contribution in [0.4, 0.5) is 4.79 Å². The Kier molecular flexibility index (Phi) is 3.65. The Bertz CT molecular complexity index is 830. The number of amides is 2. The number of ether oxygens (including phenoxy) is 2. The molecule has 7 nitrogen and oxygen atoms in total. The molecule has 0 unspecified atom stereocenters. The number of rotatable bonds is 1. The fourth-order valence-corrected chi connectivity index (χ4v) is 3.84. The van der Waals surface area contributed by atoms with E-state index in [2.05, 4.69) is 4.98 Å². The molecule has 1 spiro atoms. The van der Waals surface area contributed by atoms with E-state index >= 15 is 0 Å². The Morgan fingerprint density at radius 2 is 1.85 bits per heavy atom. The second-order valence-electron chi connectivity index (χ2n) is 6.94. The van der Waals surface area contributed by atoms with Gasteiger partial charge in [0.2, 0.25) is 0 Å². The molecule has 134 valence electrons. The van der Waals surface area contributed by atoms with E-state index in [0.717, 1.165) is 16.8 Å². The summed E-state index contributed by atoms with van der Waals surface area (Å²) in [6.45, 7) is 4.12. The van der Waals surface area contributed by atoms with Crippen LogP contribution in [-0.2, 0) is 21.7 Å². The standard InChI is InChI=1S/C19H20N4O3/c24-18(22-6-8-25-9-7-22)23-12-19(13-23)15-10-20-17(21-16(15)11-26-19)14-4-2-1-3-5-14/h1-5,10H,6-9,11-13H2. The van der Waals surface area contributed by atoms with Crippen LogP contribution in [0.15, 0.2) is 36.5 Å². The fourth-order valence-electron chi connectivity index (χ4n) is 3.84. The predicted octanol–water partition coefficient (Wildman–Crippen LogP) is 1.64. The number of urea groups is 1. The van der Waals surface area contributed by atoms with Gasteiger partial charge in [0.15, 0.2) is 5.82 Å². The average molecular weight is 352 g/mol. The maximum atomic E-state index is 12.6. The number of benzene rings is 1. The lowest BCUT2D eigenvalue weighted by Gasteiger charge is -2.48. The highest BCUT2D eigenvalue weighted by Gasteiger charge is 2.53. The molecular weight excluding hydrogens is 332 g/mol. The Morgan fingerprint density at radius 1 is 1.08 bits per heavy atom. The minimum atomic E-state index is -0.438. The molecule has 0 radical (unpaired) electrons. The summed E-state index contributed by atoms with van der Waals surface area (Å²) >= 11 is 0. The zero-order valence-electron chi connectivity index (χ0n) is 14.4. The van der Waals surface area contributed by atoms with Crippen molar-refractivity contribution in [1.29, 1.82) is 0 Å². The number of nitrogens with zero attached hydrogens (tertiary/aromatic N) is 4. The SMILES string of the molecule is O=C(N1CCOCC1)N1CC2(C1)OCc1nc(-c3ccccc3)ncc12. The topological polar surface area (TPSA) is 67.8 Å². The van der Waals surface area contributed by atoms with Gasteiger partial charge in [-0.2, -0.15) is 0 Å². The third-order valence-electron chi connectivity index (χ3n) is 5.32. The van der Waals surface area contributed by atoms with Crippen molar-refractivity contribution in [3.63, 3.8) is 0 Å². The summed E-state index contributed by atoms with van der Waals surface area (Å²) in [6, 6.07) is 10.00. The van der Waals surface area contributed by atoms with Gasteiger partial charge < -0.3 is 19.3 Å². The monoisotopic (exact) mass is 352 g/mol. The maximum absolute atomic E-state index is 12.6. The molecule has 1 aromatic carbocycles. The van der Waals surface area contributed by atoms with Gasteiger partial charge in [-0.3, -0.25) is 0 Å². The predicted molar refractivity (Wildman–Crippen MR) is 93.3 cm³/mol. The van der Waals surface area contributed by atoms with E-state index in [1.807, 2.05) is 46.3 Å². The van der Waals surface area contributed by atoms with Crippen molar-refractivity contribution in [2.24, 2.45) is 0 Å². The first-order chi connectivity index (χ1) is 12.8. The van der Waals surface area contributed by atoms with E-state index in [1.165, 1.54) is 0 Å². The number of carbonyl (C=O) groups is 1. The van der Waals surface area contributed by atoms with Gasteiger partial charge in [-0.1, -0.05) is 30.3 Å². The molecule has 26 heavy (non-hydrogen) atoms. The van der Waals surface area contributed by atoms with Crippen molar-refractivity contribution in [2.45, 2.75) is 12.2 Å². The van der Waals surface area contributed by atoms with E-state index < -0.39 is 5.60 Å². The van der Waals surface area contributed by atoms with Gasteiger partial charge >= 0.3 is 6.03 Å². The lowest BCUT2D eigenvalue weighted by atomic mass is 9.87. The van der Waals surface area contributed by atoms with Crippen LogP contribution in [0.3, 0.4) is 0 Å². The van der Waals surface area contributed by atoms with Crippen molar-refractivity contribution in [3.8, 4) is 11.4 Å². The molecule has 2 fully saturated rings. The third kappa shape index (κ3) is 2.47. The van der Waals surface area contributed by atoms with Crippen molar-refractivity contribution in [2.75, 3.05) is 39.4 Å². The highest BCUT2D eigenvalue weighted by Crippen LogP contribution is 2.43. The summed E-state index contributed by atoms with van der Waals surface area (Å²) in [7, 11) is 0. The summed E-state index contributed by atoms with van der Waals surface area (Å²) in [4.78, 5) is 25.5. The highest BCUT2D eigenvalue weighted by atomic mass is 16.5. The highest BCUT2D eigenvalue weighted by molar-refractivity contribution is 5.76. The van der Waals surface area contributed by atoms with Crippen LogP contribution in [0.1, 0.15) is 11.3 Å². The van der Waals surface area contributed by atoms with E-state index in [-0.39, 0.29) is 6.03 Å². The van der Waals surface area contributed by atoms with E-state index in [9.17, 15) is 4.79 Å². The smallest absolute Gasteiger partial charge is 0.320 e. The lowest BCUT2D eigenvalue weighted by molar-refractivity contribution is -0.129. The summed E-state index contributed by atoms with van der Waals surface area (Å²) in [5.41, 5.74) is 2.50. The van der Waals surface area contributed by atoms with Gasteiger partial charge in [0.05, 0.1) is 38.6 Å². The number of hydrogen-bond donors (Lipinski definition) is 0. The minimum absolute atomic E-state index is 0.0674. The molecule has 0 bridgehead atoms. The van der Waals surface area contributed by atoms with Crippen LogP contribution >= 0.6 is 0 Å². The molecule has 5 rings (SSSR count).